The lowest BCUT2D eigenvalue weighted by Gasteiger charge is -2.37. The molecule has 0 saturated carbocycles. The van der Waals surface area contributed by atoms with E-state index in [2.05, 4.69) is 17.4 Å². The van der Waals surface area contributed by atoms with Crippen LogP contribution in [0.1, 0.15) is 37.7 Å². The van der Waals surface area contributed by atoms with Crippen molar-refractivity contribution in [1.82, 2.24) is 5.32 Å². The molecule has 3 heteroatoms. The van der Waals surface area contributed by atoms with Crippen molar-refractivity contribution in [2.45, 2.75) is 56.4 Å². The predicted molar refractivity (Wildman–Crippen MR) is 74.8 cm³/mol. The Morgan fingerprint density at radius 3 is 2.53 bits per heavy atom. The molecule has 2 aliphatic heterocycles. The van der Waals surface area contributed by atoms with Crippen molar-refractivity contribution in [2.24, 2.45) is 0 Å². The van der Waals surface area contributed by atoms with Gasteiger partial charge in [-0.25, -0.2) is 0 Å². The summed E-state index contributed by atoms with van der Waals surface area (Å²) < 4.78 is 5.70. The number of fused-ring (bicyclic) bond motifs is 2. The second kappa shape index (κ2) is 5.61. The van der Waals surface area contributed by atoms with Crippen LogP contribution in [0.5, 0.6) is 0 Å². The Kier molecular flexibility index (Phi) is 3.87. The predicted octanol–water partition coefficient (Wildman–Crippen LogP) is 2.24. The van der Waals surface area contributed by atoms with Crippen LogP contribution in [0.3, 0.4) is 0 Å². The van der Waals surface area contributed by atoms with Crippen LogP contribution >= 0.6 is 0 Å². The Balaban J connectivity index is 1.42. The summed E-state index contributed by atoms with van der Waals surface area (Å²) in [7, 11) is 0. The van der Waals surface area contributed by atoms with E-state index in [1.54, 1.807) is 0 Å². The van der Waals surface area contributed by atoms with Gasteiger partial charge in [0.25, 0.3) is 0 Å². The highest BCUT2D eigenvalue weighted by Gasteiger charge is 2.41. The number of nitrogens with one attached hydrogen (secondary N) is 1. The van der Waals surface area contributed by atoms with E-state index in [-0.39, 0.29) is 0 Å². The first kappa shape index (κ1) is 13.1. The first-order chi connectivity index (χ1) is 9.23. The summed E-state index contributed by atoms with van der Waals surface area (Å²) in [6, 6.07) is 11.2. The number of rotatable bonds is 5. The highest BCUT2D eigenvalue weighted by atomic mass is 16.5. The molecule has 2 bridgehead atoms. The minimum Gasteiger partial charge on any atom is -0.390 e. The van der Waals surface area contributed by atoms with Gasteiger partial charge in [0.2, 0.25) is 0 Å². The van der Waals surface area contributed by atoms with Crippen molar-refractivity contribution in [3.8, 4) is 0 Å². The molecule has 19 heavy (non-hydrogen) atoms. The zero-order chi connectivity index (χ0) is 13.1. The van der Waals surface area contributed by atoms with Crippen LogP contribution < -0.4 is 5.32 Å². The summed E-state index contributed by atoms with van der Waals surface area (Å²) in [5.74, 6) is 0. The minimum atomic E-state index is -0.506. The molecular formula is C16H23NO2. The Morgan fingerprint density at radius 1 is 1.16 bits per heavy atom. The number of benzene rings is 1. The lowest BCUT2D eigenvalue weighted by molar-refractivity contribution is -0.0374. The maximum absolute atomic E-state index is 10.6. The molecule has 2 unspecified atom stereocenters. The summed E-state index contributed by atoms with van der Waals surface area (Å²) >= 11 is 0. The van der Waals surface area contributed by atoms with Gasteiger partial charge < -0.3 is 15.2 Å². The SMILES string of the molecule is OC1(CCOCc2ccccc2)CC2CCC(C1)N2. The van der Waals surface area contributed by atoms with E-state index in [9.17, 15) is 5.11 Å². The monoisotopic (exact) mass is 261 g/mol. The van der Waals surface area contributed by atoms with Gasteiger partial charge >= 0.3 is 0 Å². The highest BCUT2D eigenvalue weighted by Crippen LogP contribution is 2.35. The van der Waals surface area contributed by atoms with Crippen molar-refractivity contribution in [3.63, 3.8) is 0 Å². The van der Waals surface area contributed by atoms with E-state index < -0.39 is 5.60 Å². The fraction of sp³-hybridized carbons (Fsp3) is 0.625. The summed E-state index contributed by atoms with van der Waals surface area (Å²) in [6.07, 6.45) is 4.97. The first-order valence-electron chi connectivity index (χ1n) is 7.34. The van der Waals surface area contributed by atoms with Crippen molar-refractivity contribution in [1.29, 1.82) is 0 Å². The normalized spacial score (nSPS) is 33.5. The van der Waals surface area contributed by atoms with Crippen molar-refractivity contribution < 1.29 is 9.84 Å². The Morgan fingerprint density at radius 2 is 1.84 bits per heavy atom. The molecule has 2 aliphatic rings. The third-order valence-corrected chi connectivity index (χ3v) is 4.41. The van der Waals surface area contributed by atoms with Crippen LogP contribution in [0.4, 0.5) is 0 Å². The molecule has 0 spiro atoms. The molecule has 2 N–H and O–H groups in total. The lowest BCUT2D eigenvalue weighted by Crippen LogP contribution is -2.48. The zero-order valence-corrected chi connectivity index (χ0v) is 11.3. The first-order valence-corrected chi connectivity index (χ1v) is 7.34. The third-order valence-electron chi connectivity index (χ3n) is 4.41. The van der Waals surface area contributed by atoms with E-state index in [1.165, 1.54) is 18.4 Å². The molecule has 0 radical (unpaired) electrons. The van der Waals surface area contributed by atoms with E-state index >= 15 is 0 Å². The fourth-order valence-corrected chi connectivity index (χ4v) is 3.46. The van der Waals surface area contributed by atoms with Gasteiger partial charge in [0, 0.05) is 18.7 Å². The molecule has 104 valence electrons. The molecule has 2 saturated heterocycles. The smallest absolute Gasteiger partial charge is 0.0716 e. The number of hydrogen-bond acceptors (Lipinski definition) is 3. The van der Waals surface area contributed by atoms with Crippen LogP contribution in [-0.4, -0.2) is 29.4 Å². The molecule has 3 rings (SSSR count). The van der Waals surface area contributed by atoms with E-state index in [0.717, 1.165) is 19.3 Å². The van der Waals surface area contributed by atoms with Crippen molar-refractivity contribution >= 4 is 0 Å². The van der Waals surface area contributed by atoms with Crippen molar-refractivity contribution in [2.75, 3.05) is 6.61 Å². The largest absolute Gasteiger partial charge is 0.390 e. The second-order valence-corrected chi connectivity index (χ2v) is 6.06. The zero-order valence-electron chi connectivity index (χ0n) is 11.3. The van der Waals surface area contributed by atoms with Crippen LogP contribution in [0.2, 0.25) is 0 Å². The molecule has 0 aromatic heterocycles. The van der Waals surface area contributed by atoms with Crippen LogP contribution in [-0.2, 0) is 11.3 Å². The Labute approximate surface area is 115 Å². The fourth-order valence-electron chi connectivity index (χ4n) is 3.46. The average Bonchev–Trinajstić information content (AvgIpc) is 2.76. The van der Waals surface area contributed by atoms with E-state index in [0.29, 0.717) is 25.3 Å². The molecule has 0 aliphatic carbocycles. The van der Waals surface area contributed by atoms with Gasteiger partial charge in [-0.05, 0) is 37.7 Å². The molecule has 3 nitrogen and oxygen atoms in total. The molecule has 2 fully saturated rings. The number of aliphatic hydroxyl groups is 1. The van der Waals surface area contributed by atoms with Gasteiger partial charge in [-0.2, -0.15) is 0 Å². The maximum Gasteiger partial charge on any atom is 0.0716 e. The highest BCUT2D eigenvalue weighted by molar-refractivity contribution is 5.13. The molecule has 1 aromatic rings. The van der Waals surface area contributed by atoms with Crippen LogP contribution in [0, 0.1) is 0 Å². The van der Waals surface area contributed by atoms with Crippen molar-refractivity contribution in [3.05, 3.63) is 35.9 Å². The molecule has 1 aromatic carbocycles. The minimum absolute atomic E-state index is 0.506. The number of piperidine rings is 1. The molecular weight excluding hydrogens is 238 g/mol. The summed E-state index contributed by atoms with van der Waals surface area (Å²) in [5.41, 5.74) is 0.688. The van der Waals surface area contributed by atoms with Gasteiger partial charge in [-0.3, -0.25) is 0 Å². The molecule has 0 amide bonds. The molecule has 2 heterocycles. The topological polar surface area (TPSA) is 41.5 Å². The van der Waals surface area contributed by atoms with Gasteiger partial charge in [0.05, 0.1) is 12.2 Å². The second-order valence-electron chi connectivity index (χ2n) is 6.06. The average molecular weight is 261 g/mol. The van der Waals surface area contributed by atoms with Gasteiger partial charge in [-0.1, -0.05) is 30.3 Å². The van der Waals surface area contributed by atoms with E-state index in [1.807, 2.05) is 18.2 Å². The number of hydrogen-bond donors (Lipinski definition) is 2. The maximum atomic E-state index is 10.6. The summed E-state index contributed by atoms with van der Waals surface area (Å²) in [5, 5.41) is 14.2. The molecule has 2 atom stereocenters. The van der Waals surface area contributed by atoms with Crippen LogP contribution in [0.25, 0.3) is 0 Å². The summed E-state index contributed by atoms with van der Waals surface area (Å²) in [6.45, 7) is 1.28. The van der Waals surface area contributed by atoms with Gasteiger partial charge in [-0.15, -0.1) is 0 Å². The van der Waals surface area contributed by atoms with Gasteiger partial charge in [0.15, 0.2) is 0 Å². The standard InChI is InChI=1S/C16H23NO2/c18-16(10-14-6-7-15(11-16)17-14)8-9-19-12-13-4-2-1-3-5-13/h1-5,14-15,17-18H,6-12H2. The lowest BCUT2D eigenvalue weighted by atomic mass is 9.85. The van der Waals surface area contributed by atoms with Crippen LogP contribution in [0.15, 0.2) is 30.3 Å². The number of ether oxygens (including phenoxy) is 1. The Bertz CT molecular complexity index is 394. The third kappa shape index (κ3) is 3.35. The van der Waals surface area contributed by atoms with E-state index in [4.69, 9.17) is 4.74 Å². The quantitative estimate of drug-likeness (QED) is 0.799. The summed E-state index contributed by atoms with van der Waals surface area (Å²) in [4.78, 5) is 0. The van der Waals surface area contributed by atoms with Gasteiger partial charge in [0.1, 0.15) is 0 Å². The Hall–Kier alpha value is -0.900.